The number of nitrogens with zero attached hydrogens (tertiary/aromatic N) is 5. The molecule has 2 aromatic heterocycles. The van der Waals surface area contributed by atoms with Gasteiger partial charge in [0, 0.05) is 24.9 Å². The molecule has 0 atom stereocenters. The van der Waals surface area contributed by atoms with E-state index in [4.69, 9.17) is 5.11 Å². The molecule has 2 aromatic rings. The molecule has 110 valence electrons. The second-order valence-electron chi connectivity index (χ2n) is 4.30. The van der Waals surface area contributed by atoms with Gasteiger partial charge in [-0.3, -0.25) is 14.3 Å². The summed E-state index contributed by atoms with van der Waals surface area (Å²) in [7, 11) is 1.79. The van der Waals surface area contributed by atoms with Crippen LogP contribution in [0.25, 0.3) is 6.08 Å². The molecule has 0 aromatic carbocycles. The molecule has 0 radical (unpaired) electrons. The summed E-state index contributed by atoms with van der Waals surface area (Å²) in [4.78, 5) is 22.1. The number of carboxylic acid groups (broad SMARTS) is 1. The van der Waals surface area contributed by atoms with E-state index < -0.39 is 5.97 Å². The van der Waals surface area contributed by atoms with Crippen molar-refractivity contribution >= 4 is 18.0 Å². The normalized spacial score (nSPS) is 10.9. The molecule has 9 heteroatoms. The number of carbonyl (C=O) groups excluding carboxylic acids is 1. The number of aromatic nitrogens is 5. The van der Waals surface area contributed by atoms with Gasteiger partial charge < -0.3 is 10.4 Å². The second-order valence-corrected chi connectivity index (χ2v) is 4.30. The molecule has 1 amide bonds. The van der Waals surface area contributed by atoms with Crippen LogP contribution >= 0.6 is 0 Å². The number of hydrogen-bond acceptors (Lipinski definition) is 5. The van der Waals surface area contributed by atoms with Gasteiger partial charge in [-0.05, 0) is 6.08 Å². The van der Waals surface area contributed by atoms with Crippen LogP contribution in [0.3, 0.4) is 0 Å². The van der Waals surface area contributed by atoms with Crippen molar-refractivity contribution in [3.8, 4) is 0 Å². The van der Waals surface area contributed by atoms with E-state index in [1.807, 2.05) is 0 Å². The number of carbonyl (C=O) groups is 2. The minimum absolute atomic E-state index is 0.176. The van der Waals surface area contributed by atoms with Gasteiger partial charge in [-0.2, -0.15) is 5.10 Å². The van der Waals surface area contributed by atoms with Crippen LogP contribution in [0.15, 0.2) is 24.7 Å². The topological polar surface area (TPSA) is 115 Å². The smallest absolute Gasteiger partial charge is 0.325 e. The lowest BCUT2D eigenvalue weighted by Crippen LogP contribution is -2.20. The monoisotopic (exact) mass is 290 g/mol. The lowest BCUT2D eigenvalue weighted by Gasteiger charge is -1.97. The van der Waals surface area contributed by atoms with Gasteiger partial charge in [0.25, 0.3) is 0 Å². The van der Waals surface area contributed by atoms with E-state index in [1.165, 1.54) is 17.0 Å². The average Bonchev–Trinajstić information content (AvgIpc) is 3.02. The summed E-state index contributed by atoms with van der Waals surface area (Å²) < 4.78 is 2.83. The van der Waals surface area contributed by atoms with E-state index in [1.54, 1.807) is 30.2 Å². The first-order chi connectivity index (χ1) is 10.0. The molecule has 2 N–H and O–H groups in total. The summed E-state index contributed by atoms with van der Waals surface area (Å²) in [6.07, 6.45) is 7.92. The molecule has 2 heterocycles. The minimum Gasteiger partial charge on any atom is -0.480 e. The summed E-state index contributed by atoms with van der Waals surface area (Å²) in [6, 6.07) is 0. The molecule has 0 bridgehead atoms. The van der Waals surface area contributed by atoms with Gasteiger partial charge in [0.2, 0.25) is 5.91 Å². The standard InChI is InChI=1S/C12H14N6O3/c1-17-6-9(4-14-17)2-3-11(19)13-5-10-7-18(16-15-10)8-12(20)21/h2-4,6-7H,5,8H2,1H3,(H,13,19)(H,20,21)/b3-2+. The highest BCUT2D eigenvalue weighted by Gasteiger charge is 2.05. The maximum absolute atomic E-state index is 11.6. The van der Waals surface area contributed by atoms with Crippen molar-refractivity contribution < 1.29 is 14.7 Å². The Kier molecular flexibility index (Phi) is 4.44. The van der Waals surface area contributed by atoms with E-state index in [0.29, 0.717) is 5.69 Å². The lowest BCUT2D eigenvalue weighted by atomic mass is 10.3. The molecule has 2 rings (SSSR count). The predicted octanol–water partition coefficient (Wildman–Crippen LogP) is -0.574. The number of nitrogens with one attached hydrogen (secondary N) is 1. The van der Waals surface area contributed by atoms with Crippen LogP contribution in [-0.2, 0) is 29.7 Å². The zero-order valence-corrected chi connectivity index (χ0v) is 11.3. The van der Waals surface area contributed by atoms with E-state index in [-0.39, 0.29) is 19.0 Å². The third-order valence-corrected chi connectivity index (χ3v) is 2.48. The molecule has 0 aliphatic rings. The zero-order valence-electron chi connectivity index (χ0n) is 11.3. The Balaban J connectivity index is 1.82. The summed E-state index contributed by atoms with van der Waals surface area (Å²) in [6.45, 7) is -0.0856. The fraction of sp³-hybridized carbons (Fsp3) is 0.250. The SMILES string of the molecule is Cn1cc(/C=C/C(=O)NCc2cn(CC(=O)O)nn2)cn1. The Morgan fingerprint density at radius 1 is 1.43 bits per heavy atom. The van der Waals surface area contributed by atoms with Crippen LogP contribution in [-0.4, -0.2) is 41.8 Å². The molecule has 0 fully saturated rings. The number of amides is 1. The van der Waals surface area contributed by atoms with Crippen molar-refractivity contribution in [3.63, 3.8) is 0 Å². The van der Waals surface area contributed by atoms with Gasteiger partial charge in [-0.1, -0.05) is 5.21 Å². The molecule has 0 aliphatic heterocycles. The highest BCUT2D eigenvalue weighted by molar-refractivity contribution is 5.91. The number of rotatable bonds is 6. The Morgan fingerprint density at radius 3 is 2.90 bits per heavy atom. The first-order valence-electron chi connectivity index (χ1n) is 6.08. The Labute approximate surface area is 119 Å². The summed E-state index contributed by atoms with van der Waals surface area (Å²) in [5.74, 6) is -1.29. The minimum atomic E-state index is -1.00. The van der Waals surface area contributed by atoms with Crippen LogP contribution in [0.4, 0.5) is 0 Å². The first kappa shape index (κ1) is 14.4. The highest BCUT2D eigenvalue weighted by Crippen LogP contribution is 1.99. The molecule has 21 heavy (non-hydrogen) atoms. The van der Waals surface area contributed by atoms with E-state index in [0.717, 1.165) is 5.56 Å². The van der Waals surface area contributed by atoms with E-state index in [9.17, 15) is 9.59 Å². The van der Waals surface area contributed by atoms with Crippen LogP contribution in [0.2, 0.25) is 0 Å². The van der Waals surface area contributed by atoms with Crippen molar-refractivity contribution in [2.75, 3.05) is 0 Å². The lowest BCUT2D eigenvalue weighted by molar-refractivity contribution is -0.137. The van der Waals surface area contributed by atoms with Crippen LogP contribution in [0.5, 0.6) is 0 Å². The molecule has 9 nitrogen and oxygen atoms in total. The van der Waals surface area contributed by atoms with E-state index in [2.05, 4.69) is 20.7 Å². The third-order valence-electron chi connectivity index (χ3n) is 2.48. The fourth-order valence-corrected chi connectivity index (χ4v) is 1.57. The van der Waals surface area contributed by atoms with Gasteiger partial charge in [0.15, 0.2) is 0 Å². The maximum Gasteiger partial charge on any atom is 0.325 e. The van der Waals surface area contributed by atoms with Crippen LogP contribution in [0, 0.1) is 0 Å². The Bertz CT molecular complexity index is 672. The summed E-state index contributed by atoms with van der Waals surface area (Å²) in [5.41, 5.74) is 1.31. The van der Waals surface area contributed by atoms with Crippen molar-refractivity contribution in [2.24, 2.45) is 7.05 Å². The largest absolute Gasteiger partial charge is 0.480 e. The molecule has 0 aliphatic carbocycles. The number of carboxylic acids is 1. The number of aryl methyl sites for hydroxylation is 1. The zero-order chi connectivity index (χ0) is 15.2. The van der Waals surface area contributed by atoms with Gasteiger partial charge in [0.1, 0.15) is 12.2 Å². The van der Waals surface area contributed by atoms with Gasteiger partial charge >= 0.3 is 5.97 Å². The van der Waals surface area contributed by atoms with Gasteiger partial charge in [0.05, 0.1) is 18.9 Å². The van der Waals surface area contributed by atoms with Crippen molar-refractivity contribution in [1.29, 1.82) is 0 Å². The molecule has 0 spiro atoms. The molecule has 0 saturated carbocycles. The molecule has 0 unspecified atom stereocenters. The Hall–Kier alpha value is -2.97. The van der Waals surface area contributed by atoms with Crippen molar-refractivity contribution in [3.05, 3.63) is 35.9 Å². The average molecular weight is 290 g/mol. The fourth-order valence-electron chi connectivity index (χ4n) is 1.57. The Morgan fingerprint density at radius 2 is 2.24 bits per heavy atom. The van der Waals surface area contributed by atoms with Gasteiger partial charge in [-0.25, -0.2) is 4.68 Å². The number of hydrogen-bond donors (Lipinski definition) is 2. The summed E-state index contributed by atoms with van der Waals surface area (Å²) >= 11 is 0. The molecular formula is C12H14N6O3. The molecule has 0 saturated heterocycles. The molecular weight excluding hydrogens is 276 g/mol. The third kappa shape index (κ3) is 4.56. The predicted molar refractivity (Wildman–Crippen MR) is 71.7 cm³/mol. The van der Waals surface area contributed by atoms with Gasteiger partial charge in [-0.15, -0.1) is 5.10 Å². The first-order valence-corrected chi connectivity index (χ1v) is 6.08. The maximum atomic E-state index is 11.6. The quantitative estimate of drug-likeness (QED) is 0.688. The number of aliphatic carboxylic acids is 1. The van der Waals surface area contributed by atoms with Crippen molar-refractivity contribution in [2.45, 2.75) is 13.1 Å². The highest BCUT2D eigenvalue weighted by atomic mass is 16.4. The van der Waals surface area contributed by atoms with Crippen LogP contribution in [0.1, 0.15) is 11.3 Å². The van der Waals surface area contributed by atoms with E-state index >= 15 is 0 Å². The summed E-state index contributed by atoms with van der Waals surface area (Å²) in [5, 5.41) is 22.6. The van der Waals surface area contributed by atoms with Crippen LogP contribution < -0.4 is 5.32 Å². The van der Waals surface area contributed by atoms with Crippen molar-refractivity contribution in [1.82, 2.24) is 30.1 Å². The second kappa shape index (κ2) is 6.46.